The highest BCUT2D eigenvalue weighted by Gasteiger charge is 2.38. The van der Waals surface area contributed by atoms with Gasteiger partial charge in [-0.2, -0.15) is 0 Å². The Hall–Kier alpha value is -1.26. The van der Waals surface area contributed by atoms with Gasteiger partial charge < -0.3 is 14.5 Å². The molecule has 2 fully saturated rings. The molecule has 5 nitrogen and oxygen atoms in total. The molecule has 0 bridgehead atoms. The molecule has 0 N–H and O–H groups in total. The Kier molecular flexibility index (Phi) is 4.79. The monoisotopic (exact) mass is 296 g/mol. The first kappa shape index (κ1) is 16.1. The van der Waals surface area contributed by atoms with Crippen LogP contribution in [0.25, 0.3) is 0 Å². The average molecular weight is 296 g/mol. The fourth-order valence-corrected chi connectivity index (χ4v) is 3.41. The van der Waals surface area contributed by atoms with E-state index in [4.69, 9.17) is 4.74 Å². The largest absolute Gasteiger partial charge is 0.444 e. The van der Waals surface area contributed by atoms with Gasteiger partial charge in [0.2, 0.25) is 5.91 Å². The van der Waals surface area contributed by atoms with Crippen molar-refractivity contribution in [3.8, 4) is 0 Å². The average Bonchev–Trinajstić information content (AvgIpc) is 2.80. The van der Waals surface area contributed by atoms with E-state index in [1.165, 1.54) is 24.2 Å². The highest BCUT2D eigenvalue weighted by Crippen LogP contribution is 2.36. The molecule has 0 aromatic heterocycles. The van der Waals surface area contributed by atoms with Crippen molar-refractivity contribution in [2.75, 3.05) is 20.1 Å². The van der Waals surface area contributed by atoms with E-state index in [0.717, 1.165) is 19.4 Å². The second kappa shape index (κ2) is 6.24. The zero-order chi connectivity index (χ0) is 15.6. The van der Waals surface area contributed by atoms with Crippen LogP contribution in [0.4, 0.5) is 4.79 Å². The molecule has 1 saturated heterocycles. The normalized spacial score (nSPS) is 25.4. The number of carbonyl (C=O) groups is 2. The van der Waals surface area contributed by atoms with Crippen LogP contribution in [0.3, 0.4) is 0 Å². The summed E-state index contributed by atoms with van der Waals surface area (Å²) in [6, 6.07) is 0.401. The molecule has 1 aliphatic heterocycles. The second-order valence-electron chi connectivity index (χ2n) is 7.32. The number of likely N-dealkylation sites (tertiary alicyclic amines) is 1. The number of fused-ring (bicyclic) bond motifs is 1. The minimum Gasteiger partial charge on any atom is -0.444 e. The zero-order valence-corrected chi connectivity index (χ0v) is 13.7. The lowest BCUT2D eigenvalue weighted by molar-refractivity contribution is -0.133. The van der Waals surface area contributed by atoms with E-state index >= 15 is 0 Å². The van der Waals surface area contributed by atoms with Crippen LogP contribution in [0.1, 0.15) is 52.9 Å². The first-order valence-electron chi connectivity index (χ1n) is 8.01. The summed E-state index contributed by atoms with van der Waals surface area (Å²) in [6.07, 6.45) is 5.55. The van der Waals surface area contributed by atoms with Crippen molar-refractivity contribution >= 4 is 12.0 Å². The standard InChI is InChI=1S/C16H28N2O3/c1-16(2,3)21-15(20)17(4)11-14(19)18-10-9-12-7-5-6-8-13(12)18/h12-13H,5-11H2,1-4H3/t12-,13+/m0/s1. The molecule has 1 saturated carbocycles. The number of hydrogen-bond donors (Lipinski definition) is 0. The minimum atomic E-state index is -0.531. The minimum absolute atomic E-state index is 0.0535. The third-order valence-electron chi connectivity index (χ3n) is 4.41. The van der Waals surface area contributed by atoms with Gasteiger partial charge in [-0.05, 0) is 46.0 Å². The van der Waals surface area contributed by atoms with Crippen molar-refractivity contribution in [3.05, 3.63) is 0 Å². The molecule has 0 radical (unpaired) electrons. The molecule has 5 heteroatoms. The lowest BCUT2D eigenvalue weighted by atomic mass is 9.85. The van der Waals surface area contributed by atoms with E-state index in [2.05, 4.69) is 0 Å². The number of likely N-dealkylation sites (N-methyl/N-ethyl adjacent to an activating group) is 1. The number of carbonyl (C=O) groups excluding carboxylic acids is 2. The second-order valence-corrected chi connectivity index (χ2v) is 7.32. The van der Waals surface area contributed by atoms with E-state index in [9.17, 15) is 9.59 Å². The van der Waals surface area contributed by atoms with Crippen LogP contribution in [0.5, 0.6) is 0 Å². The van der Waals surface area contributed by atoms with Crippen molar-refractivity contribution in [1.82, 2.24) is 9.80 Å². The summed E-state index contributed by atoms with van der Waals surface area (Å²) in [5.74, 6) is 0.729. The summed E-state index contributed by atoms with van der Waals surface area (Å²) in [4.78, 5) is 27.8. The molecule has 2 amide bonds. The summed E-state index contributed by atoms with van der Waals surface area (Å²) < 4.78 is 5.29. The van der Waals surface area contributed by atoms with Crippen LogP contribution >= 0.6 is 0 Å². The Balaban J connectivity index is 1.87. The molecule has 2 rings (SSSR count). The Labute approximate surface area is 127 Å². The molecular weight excluding hydrogens is 268 g/mol. The highest BCUT2D eigenvalue weighted by molar-refractivity contribution is 5.82. The first-order chi connectivity index (χ1) is 9.78. The van der Waals surface area contributed by atoms with Crippen molar-refractivity contribution in [1.29, 1.82) is 0 Å². The molecule has 1 heterocycles. The van der Waals surface area contributed by atoms with Crippen LogP contribution < -0.4 is 0 Å². The van der Waals surface area contributed by atoms with Gasteiger partial charge in [-0.15, -0.1) is 0 Å². The maximum Gasteiger partial charge on any atom is 0.410 e. The van der Waals surface area contributed by atoms with Crippen LogP contribution in [0.2, 0.25) is 0 Å². The molecule has 120 valence electrons. The quantitative estimate of drug-likeness (QED) is 0.787. The maximum atomic E-state index is 12.5. The molecular formula is C16H28N2O3. The van der Waals surface area contributed by atoms with E-state index in [1.54, 1.807) is 7.05 Å². The number of hydrogen-bond acceptors (Lipinski definition) is 3. The van der Waals surface area contributed by atoms with Crippen molar-refractivity contribution in [3.63, 3.8) is 0 Å². The Morgan fingerprint density at radius 3 is 2.52 bits per heavy atom. The summed E-state index contributed by atoms with van der Waals surface area (Å²) in [7, 11) is 1.63. The van der Waals surface area contributed by atoms with Gasteiger partial charge in [0, 0.05) is 19.6 Å². The Morgan fingerprint density at radius 2 is 1.86 bits per heavy atom. The van der Waals surface area contributed by atoms with Gasteiger partial charge in [0.25, 0.3) is 0 Å². The van der Waals surface area contributed by atoms with Crippen molar-refractivity contribution in [2.24, 2.45) is 5.92 Å². The van der Waals surface area contributed by atoms with Gasteiger partial charge in [0.15, 0.2) is 0 Å². The Bertz CT molecular complexity index is 403. The molecule has 0 unspecified atom stereocenters. The summed E-state index contributed by atoms with van der Waals surface area (Å²) in [5.41, 5.74) is -0.531. The van der Waals surface area contributed by atoms with Gasteiger partial charge in [0.05, 0.1) is 0 Å². The van der Waals surface area contributed by atoms with Crippen LogP contribution in [-0.4, -0.2) is 53.6 Å². The number of ether oxygens (including phenoxy) is 1. The molecule has 21 heavy (non-hydrogen) atoms. The van der Waals surface area contributed by atoms with Crippen molar-refractivity contribution < 1.29 is 14.3 Å². The molecule has 0 spiro atoms. The van der Waals surface area contributed by atoms with Gasteiger partial charge in [-0.3, -0.25) is 4.79 Å². The number of rotatable bonds is 2. The zero-order valence-electron chi connectivity index (χ0n) is 13.7. The SMILES string of the molecule is CN(CC(=O)N1CC[C@@H]2CCCC[C@H]21)C(=O)OC(C)(C)C. The summed E-state index contributed by atoms with van der Waals surface area (Å²) in [6.45, 7) is 6.43. The topological polar surface area (TPSA) is 49.9 Å². The third kappa shape index (κ3) is 4.11. The smallest absolute Gasteiger partial charge is 0.410 e. The van der Waals surface area contributed by atoms with Crippen LogP contribution in [-0.2, 0) is 9.53 Å². The van der Waals surface area contributed by atoms with E-state index in [1.807, 2.05) is 25.7 Å². The van der Waals surface area contributed by atoms with E-state index < -0.39 is 11.7 Å². The molecule has 1 aliphatic carbocycles. The van der Waals surface area contributed by atoms with E-state index in [-0.39, 0.29) is 12.5 Å². The lowest BCUT2D eigenvalue weighted by Gasteiger charge is -2.33. The van der Waals surface area contributed by atoms with Crippen molar-refractivity contribution in [2.45, 2.75) is 64.5 Å². The van der Waals surface area contributed by atoms with Crippen LogP contribution in [0.15, 0.2) is 0 Å². The van der Waals surface area contributed by atoms with E-state index in [0.29, 0.717) is 12.0 Å². The Morgan fingerprint density at radius 1 is 1.19 bits per heavy atom. The fourth-order valence-electron chi connectivity index (χ4n) is 3.41. The summed E-state index contributed by atoms with van der Waals surface area (Å²) in [5, 5.41) is 0. The fraction of sp³-hybridized carbons (Fsp3) is 0.875. The third-order valence-corrected chi connectivity index (χ3v) is 4.41. The number of nitrogens with zero attached hydrogens (tertiary/aromatic N) is 2. The van der Waals surface area contributed by atoms with Gasteiger partial charge in [0.1, 0.15) is 12.1 Å². The maximum absolute atomic E-state index is 12.5. The lowest BCUT2D eigenvalue weighted by Crippen LogP contribution is -2.46. The van der Waals surface area contributed by atoms with Gasteiger partial charge in [-0.25, -0.2) is 4.79 Å². The first-order valence-corrected chi connectivity index (χ1v) is 8.01. The highest BCUT2D eigenvalue weighted by atomic mass is 16.6. The van der Waals surface area contributed by atoms with Crippen LogP contribution in [0, 0.1) is 5.92 Å². The van der Waals surface area contributed by atoms with Gasteiger partial charge >= 0.3 is 6.09 Å². The van der Waals surface area contributed by atoms with Gasteiger partial charge in [-0.1, -0.05) is 12.8 Å². The predicted molar refractivity (Wildman–Crippen MR) is 80.9 cm³/mol. The molecule has 2 atom stereocenters. The molecule has 2 aliphatic rings. The molecule has 0 aromatic rings. The predicted octanol–water partition coefficient (Wildman–Crippen LogP) is 2.64. The molecule has 0 aromatic carbocycles. The summed E-state index contributed by atoms with van der Waals surface area (Å²) >= 11 is 0. The number of amides is 2.